The number of carbonyl (C=O) groups excluding carboxylic acids is 3. The molecule has 0 radical (unpaired) electrons. The molecule has 3 aliphatic rings. The Labute approximate surface area is 176 Å². The van der Waals surface area contributed by atoms with Gasteiger partial charge in [-0.25, -0.2) is 0 Å². The number of rotatable bonds is 6. The van der Waals surface area contributed by atoms with E-state index in [2.05, 4.69) is 10.6 Å². The summed E-state index contributed by atoms with van der Waals surface area (Å²) in [6.45, 7) is 3.38. The molecule has 4 rings (SSSR count). The molecule has 3 saturated heterocycles. The van der Waals surface area contributed by atoms with Crippen LogP contribution in [-0.4, -0.2) is 65.2 Å². The molecular weight excluding hydrogens is 386 g/mol. The summed E-state index contributed by atoms with van der Waals surface area (Å²) in [4.78, 5) is 41.2. The van der Waals surface area contributed by atoms with Crippen LogP contribution in [0.3, 0.4) is 0 Å². The molecule has 2 unspecified atom stereocenters. The molecule has 3 heterocycles. The first-order valence-electron chi connectivity index (χ1n) is 10.5. The second kappa shape index (κ2) is 7.67. The van der Waals surface area contributed by atoms with Crippen LogP contribution < -0.4 is 10.6 Å². The summed E-state index contributed by atoms with van der Waals surface area (Å²) >= 11 is 0. The van der Waals surface area contributed by atoms with Crippen molar-refractivity contribution in [2.75, 3.05) is 13.7 Å². The highest BCUT2D eigenvalue weighted by Gasteiger charge is 2.75. The number of aliphatic hydroxyl groups is 1. The van der Waals surface area contributed by atoms with Gasteiger partial charge in [0.05, 0.1) is 30.6 Å². The average molecular weight is 415 g/mol. The van der Waals surface area contributed by atoms with Crippen LogP contribution in [-0.2, 0) is 19.1 Å². The predicted molar refractivity (Wildman–Crippen MR) is 108 cm³/mol. The molecular formula is C22H29N3O5. The third kappa shape index (κ3) is 2.93. The highest BCUT2D eigenvalue weighted by Crippen LogP contribution is 2.59. The second-order valence-corrected chi connectivity index (χ2v) is 8.69. The minimum Gasteiger partial charge on any atom is -0.394 e. The normalized spacial score (nSPS) is 33.0. The lowest BCUT2D eigenvalue weighted by Gasteiger charge is -2.37. The lowest BCUT2D eigenvalue weighted by Crippen LogP contribution is -2.57. The molecule has 3 amide bonds. The van der Waals surface area contributed by atoms with E-state index in [1.807, 2.05) is 44.2 Å². The molecule has 3 aliphatic heterocycles. The van der Waals surface area contributed by atoms with Gasteiger partial charge in [0.2, 0.25) is 17.7 Å². The van der Waals surface area contributed by atoms with Crippen LogP contribution in [0.15, 0.2) is 30.3 Å². The largest absolute Gasteiger partial charge is 0.394 e. The summed E-state index contributed by atoms with van der Waals surface area (Å²) in [5, 5.41) is 15.8. The fourth-order valence-corrected chi connectivity index (χ4v) is 5.59. The minimum absolute atomic E-state index is 0.123. The van der Waals surface area contributed by atoms with Crippen molar-refractivity contribution in [2.24, 2.45) is 11.8 Å². The Morgan fingerprint density at radius 3 is 2.57 bits per heavy atom. The maximum atomic E-state index is 13.8. The predicted octanol–water partition coefficient (Wildman–Crippen LogP) is 0.365. The molecule has 0 saturated carbocycles. The highest BCUT2D eigenvalue weighted by molar-refractivity contribution is 5.99. The Hall–Kier alpha value is -2.45. The zero-order chi connectivity index (χ0) is 21.6. The van der Waals surface area contributed by atoms with Crippen LogP contribution >= 0.6 is 0 Å². The van der Waals surface area contributed by atoms with Crippen molar-refractivity contribution in [1.82, 2.24) is 15.5 Å². The number of likely N-dealkylation sites (tertiary alicyclic amines) is 1. The fourth-order valence-electron chi connectivity index (χ4n) is 5.59. The van der Waals surface area contributed by atoms with E-state index in [0.29, 0.717) is 12.8 Å². The van der Waals surface area contributed by atoms with Crippen molar-refractivity contribution >= 4 is 17.7 Å². The lowest BCUT2D eigenvalue weighted by molar-refractivity contribution is -0.146. The summed E-state index contributed by atoms with van der Waals surface area (Å²) in [6, 6.07) is 7.43. The van der Waals surface area contributed by atoms with Gasteiger partial charge >= 0.3 is 0 Å². The fraction of sp³-hybridized carbons (Fsp3) is 0.591. The first-order chi connectivity index (χ1) is 14.4. The van der Waals surface area contributed by atoms with Gasteiger partial charge in [-0.3, -0.25) is 14.4 Å². The van der Waals surface area contributed by atoms with Crippen molar-refractivity contribution in [3.8, 4) is 0 Å². The zero-order valence-corrected chi connectivity index (χ0v) is 17.5. The van der Waals surface area contributed by atoms with Crippen LogP contribution in [0.5, 0.6) is 0 Å². The van der Waals surface area contributed by atoms with E-state index in [4.69, 9.17) is 4.74 Å². The van der Waals surface area contributed by atoms with E-state index < -0.39 is 29.5 Å². The molecule has 0 aliphatic carbocycles. The topological polar surface area (TPSA) is 108 Å². The number of ether oxygens (including phenoxy) is 1. The number of nitrogens with one attached hydrogen (secondary N) is 2. The molecule has 1 aromatic carbocycles. The quantitative estimate of drug-likeness (QED) is 0.622. The van der Waals surface area contributed by atoms with Crippen molar-refractivity contribution in [3.05, 3.63) is 35.9 Å². The number of hydrogen-bond acceptors (Lipinski definition) is 5. The molecule has 8 nitrogen and oxygen atoms in total. The third-order valence-electron chi connectivity index (χ3n) is 6.66. The summed E-state index contributed by atoms with van der Waals surface area (Å²) in [6.07, 6.45) is 0.775. The van der Waals surface area contributed by atoms with Gasteiger partial charge in [-0.15, -0.1) is 0 Å². The molecule has 30 heavy (non-hydrogen) atoms. The van der Waals surface area contributed by atoms with E-state index in [-0.39, 0.29) is 36.5 Å². The van der Waals surface area contributed by atoms with Gasteiger partial charge in [-0.1, -0.05) is 30.3 Å². The van der Waals surface area contributed by atoms with Crippen molar-refractivity contribution in [3.63, 3.8) is 0 Å². The van der Waals surface area contributed by atoms with E-state index >= 15 is 0 Å². The standard InChI is InChI=1S/C22H29N3O5/c1-12(2)24-20(28)18-22-10-9-15(30-22)16(19(27)23-3)17(22)21(29)25(18)14(11-26)13-7-5-4-6-8-13/h4-8,12,14-18,26H,9-11H2,1-3H3,(H,23,27)(H,24,28)/t14-,15-,16+,17+,18?,22?/m1/s1. The first kappa shape index (κ1) is 20.8. The summed E-state index contributed by atoms with van der Waals surface area (Å²) in [5.41, 5.74) is -0.321. The Bertz CT molecular complexity index is 844. The molecule has 162 valence electrons. The number of nitrogens with zero attached hydrogens (tertiary/aromatic N) is 1. The van der Waals surface area contributed by atoms with Crippen LogP contribution in [0.2, 0.25) is 0 Å². The van der Waals surface area contributed by atoms with Crippen molar-refractivity contribution in [2.45, 2.75) is 56.5 Å². The van der Waals surface area contributed by atoms with Gasteiger partial charge in [-0.2, -0.15) is 0 Å². The lowest BCUT2D eigenvalue weighted by atomic mass is 9.70. The molecule has 1 aromatic rings. The van der Waals surface area contributed by atoms with E-state index in [1.54, 1.807) is 7.05 Å². The van der Waals surface area contributed by atoms with Gasteiger partial charge < -0.3 is 25.4 Å². The molecule has 3 fully saturated rings. The number of amides is 3. The Balaban J connectivity index is 1.81. The highest BCUT2D eigenvalue weighted by atomic mass is 16.5. The SMILES string of the molecule is CNC(=O)[C@@H]1[C@H]2C(=O)N([C@H](CO)c3ccccc3)C(C(=O)NC(C)C)C23CC[C@H]1O3. The zero-order valence-electron chi connectivity index (χ0n) is 17.5. The molecule has 8 heteroatoms. The van der Waals surface area contributed by atoms with Gasteiger partial charge in [-0.05, 0) is 32.3 Å². The summed E-state index contributed by atoms with van der Waals surface area (Å²) in [5.74, 6) is -2.24. The maximum Gasteiger partial charge on any atom is 0.246 e. The Kier molecular flexibility index (Phi) is 5.32. The van der Waals surface area contributed by atoms with E-state index in [0.717, 1.165) is 5.56 Å². The third-order valence-corrected chi connectivity index (χ3v) is 6.66. The Morgan fingerprint density at radius 1 is 1.27 bits per heavy atom. The van der Waals surface area contributed by atoms with E-state index in [1.165, 1.54) is 4.90 Å². The van der Waals surface area contributed by atoms with Crippen LogP contribution in [0.4, 0.5) is 0 Å². The maximum absolute atomic E-state index is 13.8. The van der Waals surface area contributed by atoms with Gasteiger partial charge in [0.15, 0.2) is 0 Å². The monoisotopic (exact) mass is 415 g/mol. The number of aliphatic hydroxyl groups excluding tert-OH is 1. The number of hydrogen-bond donors (Lipinski definition) is 3. The summed E-state index contributed by atoms with van der Waals surface area (Å²) < 4.78 is 6.30. The minimum atomic E-state index is -1.06. The van der Waals surface area contributed by atoms with Crippen LogP contribution in [0.25, 0.3) is 0 Å². The van der Waals surface area contributed by atoms with Gasteiger partial charge in [0.25, 0.3) is 0 Å². The molecule has 1 spiro atoms. The molecule has 6 atom stereocenters. The first-order valence-corrected chi connectivity index (χ1v) is 10.5. The number of carbonyl (C=O) groups is 3. The van der Waals surface area contributed by atoms with Crippen molar-refractivity contribution < 1.29 is 24.2 Å². The second-order valence-electron chi connectivity index (χ2n) is 8.69. The smallest absolute Gasteiger partial charge is 0.246 e. The van der Waals surface area contributed by atoms with Crippen LogP contribution in [0.1, 0.15) is 38.3 Å². The molecule has 0 aromatic heterocycles. The van der Waals surface area contributed by atoms with Crippen LogP contribution in [0, 0.1) is 11.8 Å². The van der Waals surface area contributed by atoms with E-state index in [9.17, 15) is 19.5 Å². The van der Waals surface area contributed by atoms with Gasteiger partial charge in [0.1, 0.15) is 11.6 Å². The number of fused-ring (bicyclic) bond motifs is 1. The average Bonchev–Trinajstić information content (AvgIpc) is 3.36. The summed E-state index contributed by atoms with van der Waals surface area (Å²) in [7, 11) is 1.54. The molecule has 2 bridgehead atoms. The number of benzene rings is 1. The van der Waals surface area contributed by atoms with Crippen molar-refractivity contribution in [1.29, 1.82) is 0 Å². The van der Waals surface area contributed by atoms with Gasteiger partial charge in [0, 0.05) is 13.1 Å². The molecule has 3 N–H and O–H groups in total. The Morgan fingerprint density at radius 2 is 1.97 bits per heavy atom.